The van der Waals surface area contributed by atoms with Crippen LogP contribution >= 0.6 is 0 Å². The van der Waals surface area contributed by atoms with Gasteiger partial charge < -0.3 is 5.32 Å². The van der Waals surface area contributed by atoms with Crippen LogP contribution in [0.15, 0.2) is 42.5 Å². The molecule has 0 bridgehead atoms. The van der Waals surface area contributed by atoms with Crippen molar-refractivity contribution in [3.8, 4) is 0 Å². The quantitative estimate of drug-likeness (QED) is 0.811. The third kappa shape index (κ3) is 3.81. The average molecular weight is 283 g/mol. The van der Waals surface area contributed by atoms with E-state index in [-0.39, 0.29) is 12.1 Å². The topological polar surface area (TPSA) is 12.0 Å². The Balaban J connectivity index is 1.94. The Kier molecular flexibility index (Phi) is 4.74. The summed E-state index contributed by atoms with van der Waals surface area (Å²) in [4.78, 5) is 0. The van der Waals surface area contributed by atoms with E-state index >= 15 is 0 Å². The van der Waals surface area contributed by atoms with Gasteiger partial charge in [-0.25, -0.2) is 17.6 Å². The zero-order valence-electron chi connectivity index (χ0n) is 10.5. The van der Waals surface area contributed by atoms with Crippen molar-refractivity contribution in [2.75, 3.05) is 0 Å². The van der Waals surface area contributed by atoms with E-state index in [0.29, 0.717) is 17.7 Å². The standard InChI is InChI=1S/C15H13F4N/c16-13-5-4-12(14(17)7-13)9-20-8-10-2-1-3-11(6-10)15(18)19/h1-7,15,20H,8-9H2. The summed E-state index contributed by atoms with van der Waals surface area (Å²) < 4.78 is 51.1. The number of hydrogen-bond acceptors (Lipinski definition) is 1. The van der Waals surface area contributed by atoms with Crippen molar-refractivity contribution in [1.82, 2.24) is 5.32 Å². The minimum Gasteiger partial charge on any atom is -0.309 e. The van der Waals surface area contributed by atoms with Crippen molar-refractivity contribution in [3.63, 3.8) is 0 Å². The van der Waals surface area contributed by atoms with Gasteiger partial charge in [0.1, 0.15) is 11.6 Å². The zero-order chi connectivity index (χ0) is 14.5. The van der Waals surface area contributed by atoms with Gasteiger partial charge in [0.2, 0.25) is 0 Å². The zero-order valence-corrected chi connectivity index (χ0v) is 10.5. The summed E-state index contributed by atoms with van der Waals surface area (Å²) in [6.07, 6.45) is -2.51. The molecule has 0 unspecified atom stereocenters. The molecular formula is C15H13F4N. The SMILES string of the molecule is Fc1ccc(CNCc2cccc(C(F)F)c2)c(F)c1. The molecule has 1 N–H and O–H groups in total. The smallest absolute Gasteiger partial charge is 0.263 e. The van der Waals surface area contributed by atoms with Gasteiger partial charge in [-0.1, -0.05) is 24.3 Å². The number of rotatable bonds is 5. The van der Waals surface area contributed by atoms with Gasteiger partial charge in [0.05, 0.1) is 0 Å². The van der Waals surface area contributed by atoms with E-state index in [1.807, 2.05) is 0 Å². The number of alkyl halides is 2. The van der Waals surface area contributed by atoms with E-state index in [4.69, 9.17) is 0 Å². The Morgan fingerprint density at radius 1 is 0.950 bits per heavy atom. The molecule has 0 heterocycles. The Bertz CT molecular complexity index is 584. The summed E-state index contributed by atoms with van der Waals surface area (Å²) in [5.41, 5.74) is 0.971. The highest BCUT2D eigenvalue weighted by Gasteiger charge is 2.07. The van der Waals surface area contributed by atoms with E-state index in [2.05, 4.69) is 5.32 Å². The largest absolute Gasteiger partial charge is 0.309 e. The maximum Gasteiger partial charge on any atom is 0.263 e. The highest BCUT2D eigenvalue weighted by Crippen LogP contribution is 2.19. The lowest BCUT2D eigenvalue weighted by molar-refractivity contribution is 0.151. The fraction of sp³-hybridized carbons (Fsp3) is 0.200. The number of benzene rings is 2. The Morgan fingerprint density at radius 2 is 1.75 bits per heavy atom. The first kappa shape index (κ1) is 14.5. The number of nitrogens with one attached hydrogen (secondary N) is 1. The van der Waals surface area contributed by atoms with Crippen molar-refractivity contribution in [2.24, 2.45) is 0 Å². The molecular weight excluding hydrogens is 270 g/mol. The van der Waals surface area contributed by atoms with Gasteiger partial charge in [-0.05, 0) is 17.7 Å². The van der Waals surface area contributed by atoms with E-state index in [0.717, 1.165) is 6.07 Å². The molecule has 0 amide bonds. The van der Waals surface area contributed by atoms with Crippen molar-refractivity contribution >= 4 is 0 Å². The molecule has 0 aliphatic rings. The molecule has 1 nitrogen and oxygen atoms in total. The molecule has 0 atom stereocenters. The summed E-state index contributed by atoms with van der Waals surface area (Å²) in [5.74, 6) is -1.25. The van der Waals surface area contributed by atoms with Gasteiger partial charge in [-0.3, -0.25) is 0 Å². The molecule has 0 aliphatic heterocycles. The molecule has 20 heavy (non-hydrogen) atoms. The van der Waals surface area contributed by atoms with E-state index in [1.54, 1.807) is 12.1 Å². The molecule has 0 aliphatic carbocycles. The van der Waals surface area contributed by atoms with Gasteiger partial charge in [-0.2, -0.15) is 0 Å². The third-order valence-electron chi connectivity index (χ3n) is 2.86. The van der Waals surface area contributed by atoms with Gasteiger partial charge >= 0.3 is 0 Å². The second-order valence-corrected chi connectivity index (χ2v) is 4.39. The van der Waals surface area contributed by atoms with E-state index in [1.165, 1.54) is 24.3 Å². The second-order valence-electron chi connectivity index (χ2n) is 4.39. The summed E-state index contributed by atoms with van der Waals surface area (Å²) in [6, 6.07) is 9.36. The third-order valence-corrected chi connectivity index (χ3v) is 2.86. The average Bonchev–Trinajstić information content (AvgIpc) is 2.41. The van der Waals surface area contributed by atoms with E-state index in [9.17, 15) is 17.6 Å². The Morgan fingerprint density at radius 3 is 2.45 bits per heavy atom. The highest BCUT2D eigenvalue weighted by molar-refractivity contribution is 5.24. The van der Waals surface area contributed by atoms with Crippen LogP contribution in [-0.4, -0.2) is 0 Å². The molecule has 0 spiro atoms. The predicted octanol–water partition coefficient (Wildman–Crippen LogP) is 4.19. The molecule has 2 aromatic rings. The van der Waals surface area contributed by atoms with Crippen LogP contribution in [0.1, 0.15) is 23.1 Å². The minimum atomic E-state index is -2.51. The predicted molar refractivity (Wildman–Crippen MR) is 68.3 cm³/mol. The first-order valence-corrected chi connectivity index (χ1v) is 6.08. The maximum absolute atomic E-state index is 13.4. The summed E-state index contributed by atoms with van der Waals surface area (Å²) in [5, 5.41) is 2.94. The lowest BCUT2D eigenvalue weighted by atomic mass is 10.1. The normalized spacial score (nSPS) is 11.1. The fourth-order valence-electron chi connectivity index (χ4n) is 1.85. The summed E-state index contributed by atoms with van der Waals surface area (Å²) >= 11 is 0. The fourth-order valence-corrected chi connectivity index (χ4v) is 1.85. The second kappa shape index (κ2) is 6.52. The molecule has 0 saturated carbocycles. The van der Waals surface area contributed by atoms with Crippen LogP contribution in [0.2, 0.25) is 0 Å². The van der Waals surface area contributed by atoms with Gasteiger partial charge in [0.15, 0.2) is 0 Å². The maximum atomic E-state index is 13.4. The lowest BCUT2D eigenvalue weighted by Gasteiger charge is -2.08. The Hall–Kier alpha value is -1.88. The highest BCUT2D eigenvalue weighted by atomic mass is 19.3. The Labute approximate surface area is 114 Å². The molecule has 0 aromatic heterocycles. The molecule has 0 saturated heterocycles. The van der Waals surface area contributed by atoms with Crippen LogP contribution in [-0.2, 0) is 13.1 Å². The molecule has 0 fully saturated rings. The molecule has 2 rings (SSSR count). The van der Waals surface area contributed by atoms with Crippen LogP contribution in [0.4, 0.5) is 17.6 Å². The van der Waals surface area contributed by atoms with Crippen LogP contribution in [0.25, 0.3) is 0 Å². The summed E-state index contributed by atoms with van der Waals surface area (Å²) in [6.45, 7) is 0.530. The molecule has 2 aromatic carbocycles. The van der Waals surface area contributed by atoms with E-state index < -0.39 is 18.1 Å². The first-order chi connectivity index (χ1) is 9.56. The van der Waals surface area contributed by atoms with Crippen molar-refractivity contribution in [3.05, 3.63) is 70.8 Å². The molecule has 0 radical (unpaired) electrons. The van der Waals surface area contributed by atoms with Crippen molar-refractivity contribution in [1.29, 1.82) is 0 Å². The van der Waals surface area contributed by atoms with Crippen LogP contribution < -0.4 is 5.32 Å². The van der Waals surface area contributed by atoms with Crippen LogP contribution in [0.3, 0.4) is 0 Å². The van der Waals surface area contributed by atoms with Crippen molar-refractivity contribution < 1.29 is 17.6 Å². The van der Waals surface area contributed by atoms with Gasteiger partial charge in [0.25, 0.3) is 6.43 Å². The van der Waals surface area contributed by atoms with Crippen LogP contribution in [0.5, 0.6) is 0 Å². The molecule has 106 valence electrons. The summed E-state index contributed by atoms with van der Waals surface area (Å²) in [7, 11) is 0. The molecule has 5 heteroatoms. The number of halogens is 4. The first-order valence-electron chi connectivity index (χ1n) is 6.08. The minimum absolute atomic E-state index is 0.0442. The monoisotopic (exact) mass is 283 g/mol. The van der Waals surface area contributed by atoms with Gasteiger partial charge in [0, 0.05) is 30.3 Å². The van der Waals surface area contributed by atoms with Crippen LogP contribution in [0, 0.1) is 11.6 Å². The lowest BCUT2D eigenvalue weighted by Crippen LogP contribution is -2.14. The number of hydrogen-bond donors (Lipinski definition) is 1. The van der Waals surface area contributed by atoms with Gasteiger partial charge in [-0.15, -0.1) is 0 Å². The van der Waals surface area contributed by atoms with Crippen molar-refractivity contribution in [2.45, 2.75) is 19.5 Å².